The molecule has 0 atom stereocenters. The first kappa shape index (κ1) is 8.43. The number of hydrogen-bond acceptors (Lipinski definition) is 4. The average Bonchev–Trinajstić information content (AvgIpc) is 2.10. The van der Waals surface area contributed by atoms with E-state index in [9.17, 15) is 5.21 Å². The van der Waals surface area contributed by atoms with Gasteiger partial charge >= 0.3 is 0 Å². The molecule has 6 N–H and O–H groups in total. The Morgan fingerprint density at radius 3 is 2.71 bits per heavy atom. The van der Waals surface area contributed by atoms with E-state index in [1.807, 2.05) is 0 Å². The number of benzene rings is 1. The van der Waals surface area contributed by atoms with Crippen LogP contribution in [0.2, 0.25) is 0 Å². The van der Waals surface area contributed by atoms with E-state index in [0.29, 0.717) is 22.3 Å². The molecule has 1 aromatic carbocycles. The summed E-state index contributed by atoms with van der Waals surface area (Å²) < 4.78 is 0.891. The maximum atomic E-state index is 9.48. The van der Waals surface area contributed by atoms with Gasteiger partial charge in [-0.25, -0.2) is 0 Å². The minimum atomic E-state index is 0.282. The predicted octanol–water partition coefficient (Wildman–Crippen LogP) is 0.522. The third kappa shape index (κ3) is 1.06. The summed E-state index contributed by atoms with van der Waals surface area (Å²) in [4.78, 5) is 0. The van der Waals surface area contributed by atoms with Crippen LogP contribution in [-0.2, 0) is 0 Å². The molecule has 0 bridgehead atoms. The van der Waals surface area contributed by atoms with Crippen molar-refractivity contribution in [2.45, 2.75) is 0 Å². The van der Waals surface area contributed by atoms with Crippen LogP contribution in [0.15, 0.2) is 24.4 Å². The normalized spacial score (nSPS) is 10.6. The summed E-state index contributed by atoms with van der Waals surface area (Å²) in [6.45, 7) is 0. The SMILES string of the molecule is N=c1ccn(O)c2c(N)cc(N)cc12. The molecule has 0 unspecified atom stereocenters. The third-order valence-corrected chi connectivity index (χ3v) is 2.06. The molecule has 0 radical (unpaired) electrons. The van der Waals surface area contributed by atoms with Crippen LogP contribution in [0, 0.1) is 5.41 Å². The largest absolute Gasteiger partial charge is 0.428 e. The first-order chi connectivity index (χ1) is 6.59. The van der Waals surface area contributed by atoms with E-state index < -0.39 is 0 Å². The molecule has 5 nitrogen and oxygen atoms in total. The Labute approximate surface area is 79.7 Å². The quantitative estimate of drug-likeness (QED) is 0.360. The molecule has 2 aromatic rings. The van der Waals surface area contributed by atoms with Gasteiger partial charge in [-0.15, -0.1) is 0 Å². The number of hydrogen-bond donors (Lipinski definition) is 4. The second-order valence-corrected chi connectivity index (χ2v) is 3.08. The molecule has 1 aromatic heterocycles. The van der Waals surface area contributed by atoms with Gasteiger partial charge in [0.2, 0.25) is 0 Å². The minimum absolute atomic E-state index is 0.282. The zero-order valence-corrected chi connectivity index (χ0v) is 7.36. The number of fused-ring (bicyclic) bond motifs is 1. The fraction of sp³-hybridized carbons (Fsp3) is 0. The molecule has 5 heteroatoms. The van der Waals surface area contributed by atoms with Crippen molar-refractivity contribution < 1.29 is 5.21 Å². The summed E-state index contributed by atoms with van der Waals surface area (Å²) in [6.07, 6.45) is 1.37. The van der Waals surface area contributed by atoms with Crippen molar-refractivity contribution in [3.05, 3.63) is 29.8 Å². The number of nitrogens with zero attached hydrogens (tertiary/aromatic N) is 1. The van der Waals surface area contributed by atoms with Crippen LogP contribution in [0.3, 0.4) is 0 Å². The summed E-state index contributed by atoms with van der Waals surface area (Å²) in [6, 6.07) is 4.64. The molecule has 2 rings (SSSR count). The van der Waals surface area contributed by atoms with Crippen LogP contribution >= 0.6 is 0 Å². The van der Waals surface area contributed by atoms with Crippen LogP contribution in [0.4, 0.5) is 11.4 Å². The van der Waals surface area contributed by atoms with E-state index in [1.54, 1.807) is 12.1 Å². The molecular weight excluding hydrogens is 180 g/mol. The van der Waals surface area contributed by atoms with Gasteiger partial charge in [0.25, 0.3) is 0 Å². The van der Waals surface area contributed by atoms with E-state index in [2.05, 4.69) is 0 Å². The van der Waals surface area contributed by atoms with E-state index in [-0.39, 0.29) is 5.36 Å². The van der Waals surface area contributed by atoms with Crippen LogP contribution in [0.25, 0.3) is 10.9 Å². The van der Waals surface area contributed by atoms with E-state index in [0.717, 1.165) is 4.73 Å². The van der Waals surface area contributed by atoms with Crippen LogP contribution in [0.1, 0.15) is 0 Å². The fourth-order valence-electron chi connectivity index (χ4n) is 1.45. The van der Waals surface area contributed by atoms with Crippen molar-refractivity contribution in [3.8, 4) is 0 Å². The Morgan fingerprint density at radius 1 is 1.29 bits per heavy atom. The van der Waals surface area contributed by atoms with Crippen molar-refractivity contribution in [1.82, 2.24) is 4.73 Å². The standard InChI is InChI=1S/C9H10N4O/c10-5-3-6-7(11)1-2-13(14)9(6)8(12)4-5/h1-4,11,14H,10,12H2. The molecule has 1 heterocycles. The topological polar surface area (TPSA) is 101 Å². The van der Waals surface area contributed by atoms with Gasteiger partial charge in [0, 0.05) is 17.3 Å². The molecule has 72 valence electrons. The van der Waals surface area contributed by atoms with Crippen LogP contribution in [0.5, 0.6) is 0 Å². The van der Waals surface area contributed by atoms with Crippen LogP contribution in [-0.4, -0.2) is 9.94 Å². The zero-order valence-electron chi connectivity index (χ0n) is 7.36. The molecule has 0 fully saturated rings. The molecule has 0 saturated heterocycles. The number of aromatic nitrogens is 1. The fourth-order valence-corrected chi connectivity index (χ4v) is 1.45. The number of pyridine rings is 1. The highest BCUT2D eigenvalue weighted by atomic mass is 16.5. The average molecular weight is 190 g/mol. The Bertz CT molecular complexity index is 558. The second kappa shape index (κ2) is 2.66. The molecule has 0 amide bonds. The summed E-state index contributed by atoms with van der Waals surface area (Å²) in [5.74, 6) is 0. The van der Waals surface area contributed by atoms with Gasteiger partial charge in [-0.1, -0.05) is 0 Å². The molecule has 0 aliphatic carbocycles. The molecule has 0 saturated carbocycles. The van der Waals surface area contributed by atoms with Gasteiger partial charge in [0.05, 0.1) is 11.0 Å². The molecular formula is C9H10N4O. The number of anilines is 2. The highest BCUT2D eigenvalue weighted by Gasteiger charge is 2.04. The number of nitrogen functional groups attached to an aromatic ring is 2. The van der Waals surface area contributed by atoms with Crippen molar-refractivity contribution >= 4 is 22.3 Å². The number of nitrogens with one attached hydrogen (secondary N) is 1. The third-order valence-electron chi connectivity index (χ3n) is 2.06. The van der Waals surface area contributed by atoms with Gasteiger partial charge in [0.15, 0.2) is 0 Å². The zero-order chi connectivity index (χ0) is 10.3. The molecule has 0 aliphatic heterocycles. The van der Waals surface area contributed by atoms with E-state index in [4.69, 9.17) is 16.9 Å². The maximum Gasteiger partial charge on any atom is 0.112 e. The smallest absolute Gasteiger partial charge is 0.112 e. The highest BCUT2D eigenvalue weighted by molar-refractivity contribution is 5.92. The maximum absolute atomic E-state index is 9.48. The van der Waals surface area contributed by atoms with Gasteiger partial charge < -0.3 is 22.1 Å². The number of nitrogens with two attached hydrogens (primary N) is 2. The Kier molecular flexibility index (Phi) is 1.60. The second-order valence-electron chi connectivity index (χ2n) is 3.08. The first-order valence-corrected chi connectivity index (χ1v) is 4.04. The lowest BCUT2D eigenvalue weighted by molar-refractivity contribution is 0.198. The Morgan fingerprint density at radius 2 is 2.00 bits per heavy atom. The van der Waals surface area contributed by atoms with Gasteiger partial charge in [-0.05, 0) is 18.2 Å². The predicted molar refractivity (Wildman–Crippen MR) is 53.8 cm³/mol. The molecule has 0 aliphatic rings. The number of rotatable bonds is 0. The summed E-state index contributed by atoms with van der Waals surface area (Å²) >= 11 is 0. The van der Waals surface area contributed by atoms with Crippen LogP contribution < -0.4 is 16.8 Å². The van der Waals surface area contributed by atoms with Gasteiger partial charge in [-0.3, -0.25) is 0 Å². The van der Waals surface area contributed by atoms with Gasteiger partial charge in [0.1, 0.15) is 5.52 Å². The highest BCUT2D eigenvalue weighted by Crippen LogP contribution is 2.20. The Hall–Kier alpha value is -2.17. The monoisotopic (exact) mass is 190 g/mol. The lowest BCUT2D eigenvalue weighted by Crippen LogP contribution is -2.08. The summed E-state index contributed by atoms with van der Waals surface area (Å²) in [7, 11) is 0. The minimum Gasteiger partial charge on any atom is -0.428 e. The van der Waals surface area contributed by atoms with E-state index >= 15 is 0 Å². The van der Waals surface area contributed by atoms with Crippen molar-refractivity contribution in [1.29, 1.82) is 5.41 Å². The van der Waals surface area contributed by atoms with E-state index in [1.165, 1.54) is 12.3 Å². The lowest BCUT2D eigenvalue weighted by atomic mass is 10.1. The Balaban J connectivity index is 3.08. The van der Waals surface area contributed by atoms with Gasteiger partial charge in [-0.2, -0.15) is 4.73 Å². The molecule has 14 heavy (non-hydrogen) atoms. The summed E-state index contributed by atoms with van der Waals surface area (Å²) in [5.41, 5.74) is 12.5. The van der Waals surface area contributed by atoms with Crippen molar-refractivity contribution in [2.24, 2.45) is 0 Å². The van der Waals surface area contributed by atoms with Crippen molar-refractivity contribution in [3.63, 3.8) is 0 Å². The van der Waals surface area contributed by atoms with Crippen molar-refractivity contribution in [2.75, 3.05) is 11.5 Å². The lowest BCUT2D eigenvalue weighted by Gasteiger charge is -2.07. The summed E-state index contributed by atoms with van der Waals surface area (Å²) in [5, 5.41) is 17.9. The first-order valence-electron chi connectivity index (χ1n) is 4.04. The molecule has 0 spiro atoms.